The Kier molecular flexibility index (Phi) is 12.3. The van der Waals surface area contributed by atoms with Crippen LogP contribution in [0, 0.1) is 0 Å². The number of aliphatic carboxylic acids is 2. The molecule has 5 unspecified atom stereocenters. The summed E-state index contributed by atoms with van der Waals surface area (Å²) < 4.78 is 0. The van der Waals surface area contributed by atoms with Gasteiger partial charge in [0.2, 0.25) is 17.7 Å². The zero-order valence-electron chi connectivity index (χ0n) is 17.8. The number of nitrogens with zero attached hydrogens (tertiary/aromatic N) is 1. The largest absolute Gasteiger partial charge is 0.481 e. The second kappa shape index (κ2) is 13.8. The Bertz CT molecular complexity index is 724. The predicted octanol–water partition coefficient (Wildman–Crippen LogP) is -4.22. The third-order valence-electron chi connectivity index (χ3n) is 4.11. The summed E-state index contributed by atoms with van der Waals surface area (Å²) in [6.07, 6.45) is -1.65. The van der Waals surface area contributed by atoms with Crippen LogP contribution in [0.3, 0.4) is 0 Å². The quantitative estimate of drug-likeness (QED) is 0.0679. The van der Waals surface area contributed by atoms with Crippen molar-refractivity contribution < 1.29 is 39.3 Å². The lowest BCUT2D eigenvalue weighted by molar-refractivity contribution is -0.147. The van der Waals surface area contributed by atoms with Gasteiger partial charge in [0.15, 0.2) is 5.96 Å². The van der Waals surface area contributed by atoms with E-state index in [1.54, 1.807) is 0 Å². The first-order chi connectivity index (χ1) is 14.8. The number of aliphatic hydroxyl groups excluding tert-OH is 1. The standard InChI is InChI=1S/C17H31N7O8/c1-7(13(28)23-10(16(31)32)6-11(26)27)22-15(30)12(8(2)25)24-14(29)9(18)4-3-5-21-17(19)20/h7-10,12,25H,3-6,18H2,1-2H3,(H,22,30)(H,23,28)(H,24,29)(H,26,27)(H,31,32)(H4,19,20,21). The van der Waals surface area contributed by atoms with Crippen LogP contribution in [-0.2, 0) is 24.0 Å². The fourth-order valence-electron chi connectivity index (χ4n) is 2.36. The normalized spacial score (nSPS) is 15.2. The molecule has 0 aromatic heterocycles. The van der Waals surface area contributed by atoms with Gasteiger partial charge in [0.1, 0.15) is 18.1 Å². The number of carboxylic acids is 2. The average Bonchev–Trinajstić information content (AvgIpc) is 2.67. The molecule has 0 bridgehead atoms. The number of nitrogens with two attached hydrogens (primary N) is 3. The maximum absolute atomic E-state index is 12.4. The van der Waals surface area contributed by atoms with E-state index >= 15 is 0 Å². The third-order valence-corrected chi connectivity index (χ3v) is 4.11. The lowest BCUT2D eigenvalue weighted by atomic mass is 10.1. The van der Waals surface area contributed by atoms with Gasteiger partial charge < -0.3 is 48.5 Å². The lowest BCUT2D eigenvalue weighted by Crippen LogP contribution is -2.59. The first-order valence-electron chi connectivity index (χ1n) is 9.61. The molecule has 0 aromatic rings. The molecule has 182 valence electrons. The molecule has 0 saturated heterocycles. The summed E-state index contributed by atoms with van der Waals surface area (Å²) in [5.41, 5.74) is 16.1. The number of amides is 3. The van der Waals surface area contributed by atoms with Crippen molar-refractivity contribution >= 4 is 35.6 Å². The number of guanidine groups is 1. The number of hydrogen-bond acceptors (Lipinski definition) is 8. The zero-order valence-corrected chi connectivity index (χ0v) is 17.8. The van der Waals surface area contributed by atoms with E-state index in [4.69, 9.17) is 27.4 Å². The molecule has 0 spiro atoms. The molecule has 15 nitrogen and oxygen atoms in total. The van der Waals surface area contributed by atoms with Gasteiger partial charge in [0.05, 0.1) is 18.6 Å². The molecule has 0 heterocycles. The summed E-state index contributed by atoms with van der Waals surface area (Å²) in [6, 6.07) is -5.49. The van der Waals surface area contributed by atoms with E-state index in [0.29, 0.717) is 6.42 Å². The van der Waals surface area contributed by atoms with E-state index in [9.17, 15) is 29.1 Å². The molecule has 0 aliphatic heterocycles. The van der Waals surface area contributed by atoms with Gasteiger partial charge in [-0.15, -0.1) is 0 Å². The number of aliphatic imine (C=N–C) groups is 1. The molecule has 0 radical (unpaired) electrons. The second-order valence-electron chi connectivity index (χ2n) is 7.01. The van der Waals surface area contributed by atoms with Gasteiger partial charge in [-0.25, -0.2) is 4.79 Å². The van der Waals surface area contributed by atoms with Crippen LogP contribution in [0.15, 0.2) is 4.99 Å². The molecule has 0 aliphatic carbocycles. The lowest BCUT2D eigenvalue weighted by Gasteiger charge is -2.25. The monoisotopic (exact) mass is 461 g/mol. The van der Waals surface area contributed by atoms with Crippen LogP contribution in [-0.4, -0.2) is 87.8 Å². The fraction of sp³-hybridized carbons (Fsp3) is 0.647. The van der Waals surface area contributed by atoms with Gasteiger partial charge in [-0.1, -0.05) is 0 Å². The van der Waals surface area contributed by atoms with E-state index < -0.39 is 66.4 Å². The maximum Gasteiger partial charge on any atom is 0.326 e. The van der Waals surface area contributed by atoms with Gasteiger partial charge in [-0.05, 0) is 26.7 Å². The SMILES string of the molecule is CC(NC(=O)C(NC(=O)C(N)CCCN=C(N)N)C(C)O)C(=O)NC(CC(=O)O)C(=O)O. The number of carbonyl (C=O) groups excluding carboxylic acids is 3. The molecule has 0 aliphatic rings. The van der Waals surface area contributed by atoms with Crippen molar-refractivity contribution in [3.05, 3.63) is 0 Å². The molecule has 0 rings (SSSR count). The maximum atomic E-state index is 12.4. The highest BCUT2D eigenvalue weighted by molar-refractivity contribution is 5.94. The summed E-state index contributed by atoms with van der Waals surface area (Å²) in [5.74, 6) is -5.76. The molecule has 0 aromatic carbocycles. The van der Waals surface area contributed by atoms with Crippen molar-refractivity contribution in [3.8, 4) is 0 Å². The van der Waals surface area contributed by atoms with E-state index in [-0.39, 0.29) is 18.9 Å². The van der Waals surface area contributed by atoms with Crippen molar-refractivity contribution in [2.75, 3.05) is 6.54 Å². The molecule has 12 N–H and O–H groups in total. The minimum atomic E-state index is -1.71. The Labute approximate surface area is 183 Å². The van der Waals surface area contributed by atoms with Crippen molar-refractivity contribution in [1.82, 2.24) is 16.0 Å². The summed E-state index contributed by atoms with van der Waals surface area (Å²) in [5, 5.41) is 34.0. The Morgan fingerprint density at radius 1 is 0.938 bits per heavy atom. The smallest absolute Gasteiger partial charge is 0.326 e. The molecule has 15 heteroatoms. The van der Waals surface area contributed by atoms with Gasteiger partial charge in [-0.2, -0.15) is 0 Å². The van der Waals surface area contributed by atoms with Crippen LogP contribution in [0.2, 0.25) is 0 Å². The van der Waals surface area contributed by atoms with Crippen molar-refractivity contribution in [3.63, 3.8) is 0 Å². The van der Waals surface area contributed by atoms with Crippen LogP contribution < -0.4 is 33.2 Å². The Hall–Kier alpha value is -3.46. The second-order valence-corrected chi connectivity index (χ2v) is 7.01. The highest BCUT2D eigenvalue weighted by Gasteiger charge is 2.31. The highest BCUT2D eigenvalue weighted by atomic mass is 16.4. The molecule has 0 saturated carbocycles. The minimum absolute atomic E-state index is 0.107. The summed E-state index contributed by atoms with van der Waals surface area (Å²) in [4.78, 5) is 62.2. The fourth-order valence-corrected chi connectivity index (χ4v) is 2.36. The number of rotatable bonds is 14. The third kappa shape index (κ3) is 11.1. The summed E-state index contributed by atoms with van der Waals surface area (Å²) >= 11 is 0. The van der Waals surface area contributed by atoms with Crippen molar-refractivity contribution in [1.29, 1.82) is 0 Å². The van der Waals surface area contributed by atoms with Gasteiger partial charge in [0, 0.05) is 6.54 Å². The first-order valence-corrected chi connectivity index (χ1v) is 9.61. The molecule has 5 atom stereocenters. The van der Waals surface area contributed by atoms with Gasteiger partial charge in [0.25, 0.3) is 0 Å². The number of carbonyl (C=O) groups is 5. The number of carboxylic acid groups (broad SMARTS) is 2. The minimum Gasteiger partial charge on any atom is -0.481 e. The van der Waals surface area contributed by atoms with E-state index in [1.165, 1.54) is 13.8 Å². The average molecular weight is 461 g/mol. The highest BCUT2D eigenvalue weighted by Crippen LogP contribution is 2.01. The first kappa shape index (κ1) is 28.5. The molecular weight excluding hydrogens is 430 g/mol. The Morgan fingerprint density at radius 3 is 2.00 bits per heavy atom. The number of aliphatic hydroxyl groups is 1. The number of hydrogen-bond donors (Lipinski definition) is 9. The molecule has 3 amide bonds. The Balaban J connectivity index is 4.92. The van der Waals surface area contributed by atoms with Crippen LogP contribution >= 0.6 is 0 Å². The van der Waals surface area contributed by atoms with Gasteiger partial charge in [-0.3, -0.25) is 24.2 Å². The molecular formula is C17H31N7O8. The van der Waals surface area contributed by atoms with Crippen LogP contribution in [0.1, 0.15) is 33.1 Å². The van der Waals surface area contributed by atoms with Gasteiger partial charge >= 0.3 is 11.9 Å². The molecule has 32 heavy (non-hydrogen) atoms. The summed E-state index contributed by atoms with van der Waals surface area (Å²) in [6.45, 7) is 2.69. The van der Waals surface area contributed by atoms with Crippen LogP contribution in [0.25, 0.3) is 0 Å². The van der Waals surface area contributed by atoms with E-state index in [2.05, 4.69) is 15.6 Å². The number of nitrogens with one attached hydrogen (secondary N) is 3. The predicted molar refractivity (Wildman–Crippen MR) is 111 cm³/mol. The van der Waals surface area contributed by atoms with Crippen molar-refractivity contribution in [2.24, 2.45) is 22.2 Å². The Morgan fingerprint density at radius 2 is 1.53 bits per heavy atom. The topological polar surface area (TPSA) is 273 Å². The summed E-state index contributed by atoms with van der Waals surface area (Å²) in [7, 11) is 0. The van der Waals surface area contributed by atoms with E-state index in [1.807, 2.05) is 5.32 Å². The zero-order chi connectivity index (χ0) is 25.0. The molecule has 0 fully saturated rings. The van der Waals surface area contributed by atoms with E-state index in [0.717, 1.165) is 0 Å². The van der Waals surface area contributed by atoms with Crippen LogP contribution in [0.4, 0.5) is 0 Å². The van der Waals surface area contributed by atoms with Crippen molar-refractivity contribution in [2.45, 2.75) is 63.4 Å². The van der Waals surface area contributed by atoms with Crippen LogP contribution in [0.5, 0.6) is 0 Å².